The number of nitrogens with zero attached hydrogens (tertiary/aromatic N) is 5. The Morgan fingerprint density at radius 1 is 0.969 bits per heavy atom. The number of nitrogens with one attached hydrogen (secondary N) is 1. The van der Waals surface area contributed by atoms with E-state index in [-0.39, 0.29) is 7.37 Å². The van der Waals surface area contributed by atoms with Gasteiger partial charge in [-0.05, 0) is 42.8 Å². The molecular weight excluding hydrogens is 431 g/mol. The molecule has 4 rings (SSSR count). The minimum Gasteiger partial charge on any atom is -0.369 e. The van der Waals surface area contributed by atoms with Gasteiger partial charge in [-0.1, -0.05) is 0 Å². The summed E-state index contributed by atoms with van der Waals surface area (Å²) in [5, 5.41) is 7.32. The van der Waals surface area contributed by atoms with Gasteiger partial charge in [-0.15, -0.1) is 5.10 Å². The zero-order chi connectivity index (χ0) is 22.9. The Balaban J connectivity index is 0.00000306. The average Bonchev–Trinajstić information content (AvgIpc) is 3.17. The molecule has 1 aromatic heterocycles. The maximum atomic E-state index is 13.5. The van der Waals surface area contributed by atoms with Crippen LogP contribution in [-0.2, 0) is 0 Å². The monoisotopic (exact) mass is 454 g/mol. The lowest BCUT2D eigenvalue weighted by atomic mass is 10.1. The summed E-state index contributed by atoms with van der Waals surface area (Å²) in [5.74, 6) is -1.66. The molecule has 3 aromatic rings. The number of aromatic nitrogens is 3. The van der Waals surface area contributed by atoms with Crippen molar-refractivity contribution < 1.29 is 23.4 Å². The van der Waals surface area contributed by atoms with Gasteiger partial charge < -0.3 is 10.2 Å². The van der Waals surface area contributed by atoms with E-state index < -0.39 is 24.4 Å². The topological polar surface area (TPSA) is 49.2 Å². The van der Waals surface area contributed by atoms with Crippen molar-refractivity contribution in [2.75, 3.05) is 42.9 Å². The number of benzene rings is 2. The van der Waals surface area contributed by atoms with E-state index in [0.29, 0.717) is 37.6 Å². The lowest BCUT2D eigenvalue weighted by Crippen LogP contribution is -2.49. The Kier molecular flexibility index (Phi) is 6.00. The van der Waals surface area contributed by atoms with E-state index in [0.717, 1.165) is 23.4 Å². The molecule has 1 fully saturated rings. The summed E-state index contributed by atoms with van der Waals surface area (Å²) in [6.07, 6.45) is -2.82. The first-order valence-corrected chi connectivity index (χ1v) is 9.96. The van der Waals surface area contributed by atoms with Crippen LogP contribution in [0.15, 0.2) is 42.7 Å². The summed E-state index contributed by atoms with van der Waals surface area (Å²) in [4.78, 5) is 7.60. The summed E-state index contributed by atoms with van der Waals surface area (Å²) >= 11 is 0. The lowest BCUT2D eigenvalue weighted by Gasteiger charge is -2.36. The summed E-state index contributed by atoms with van der Waals surface area (Å²) < 4.78 is 65.8. The molecule has 32 heavy (non-hydrogen) atoms. The van der Waals surface area contributed by atoms with Crippen molar-refractivity contribution in [1.29, 1.82) is 0 Å². The van der Waals surface area contributed by atoms with E-state index in [1.165, 1.54) is 22.0 Å². The molecule has 2 heterocycles. The molecule has 0 spiro atoms. The molecule has 1 aliphatic rings. The number of anilines is 3. The fourth-order valence-electron chi connectivity index (χ4n) is 3.64. The number of aryl methyl sites for hydroxylation is 1. The molecule has 172 valence electrons. The smallest absolute Gasteiger partial charge is 0.369 e. The molecule has 1 N–H and O–H groups in total. The van der Waals surface area contributed by atoms with Crippen molar-refractivity contribution >= 4 is 17.3 Å². The minimum atomic E-state index is -4.20. The molecule has 0 bridgehead atoms. The highest BCUT2D eigenvalue weighted by Gasteiger charge is 2.32. The number of halogens is 5. The van der Waals surface area contributed by atoms with Crippen LogP contribution in [0.3, 0.4) is 0 Å². The molecule has 0 amide bonds. The molecule has 6 nitrogen and oxygen atoms in total. The molecule has 1 saturated heterocycles. The first kappa shape index (κ1) is 22.0. The van der Waals surface area contributed by atoms with Gasteiger partial charge in [0.25, 0.3) is 0 Å². The highest BCUT2D eigenvalue weighted by atomic mass is 19.4. The van der Waals surface area contributed by atoms with Crippen LogP contribution in [0, 0.1) is 18.6 Å². The normalized spacial score (nSPS) is 15.2. The van der Waals surface area contributed by atoms with E-state index in [9.17, 15) is 22.0 Å². The van der Waals surface area contributed by atoms with Crippen molar-refractivity contribution in [2.45, 2.75) is 13.1 Å². The SMILES string of the molecule is Cc1cc(Nc2ncn(-c3ccc(F)c(F)c3)n2)cc(N2CCN(CC(F)(F)F)CC2)c1.[HH]. The Morgan fingerprint density at radius 3 is 2.41 bits per heavy atom. The van der Waals surface area contributed by atoms with Gasteiger partial charge in [0, 0.05) is 45.0 Å². The molecular formula is C21H23F5N6. The number of rotatable bonds is 5. The number of alkyl halides is 3. The predicted octanol–water partition coefficient (Wildman–Crippen LogP) is 4.53. The van der Waals surface area contributed by atoms with Crippen LogP contribution in [0.2, 0.25) is 0 Å². The van der Waals surface area contributed by atoms with Crippen LogP contribution in [0.5, 0.6) is 0 Å². The Morgan fingerprint density at radius 2 is 1.72 bits per heavy atom. The second-order valence-corrected chi connectivity index (χ2v) is 7.67. The van der Waals surface area contributed by atoms with Crippen molar-refractivity contribution in [3.8, 4) is 5.69 Å². The number of hydrogen-bond donors (Lipinski definition) is 1. The molecule has 0 aliphatic carbocycles. The van der Waals surface area contributed by atoms with Crippen molar-refractivity contribution in [3.63, 3.8) is 0 Å². The molecule has 0 saturated carbocycles. The Bertz CT molecular complexity index is 1090. The molecule has 0 unspecified atom stereocenters. The van der Waals surface area contributed by atoms with E-state index in [2.05, 4.69) is 15.4 Å². The molecule has 1 aliphatic heterocycles. The fourth-order valence-corrected chi connectivity index (χ4v) is 3.64. The Hall–Kier alpha value is -3.21. The van der Waals surface area contributed by atoms with Gasteiger partial charge in [-0.25, -0.2) is 13.5 Å². The van der Waals surface area contributed by atoms with Crippen LogP contribution < -0.4 is 10.2 Å². The lowest BCUT2D eigenvalue weighted by molar-refractivity contribution is -0.146. The van der Waals surface area contributed by atoms with E-state index >= 15 is 0 Å². The van der Waals surface area contributed by atoms with Crippen LogP contribution >= 0.6 is 0 Å². The second-order valence-electron chi connectivity index (χ2n) is 7.67. The summed E-state index contributed by atoms with van der Waals surface area (Å²) in [5.41, 5.74) is 2.88. The largest absolute Gasteiger partial charge is 0.401 e. The first-order valence-electron chi connectivity index (χ1n) is 9.96. The molecule has 0 radical (unpaired) electrons. The van der Waals surface area contributed by atoms with Gasteiger partial charge in [0.15, 0.2) is 11.6 Å². The third kappa shape index (κ3) is 5.34. The van der Waals surface area contributed by atoms with Crippen molar-refractivity contribution in [1.82, 2.24) is 19.7 Å². The van der Waals surface area contributed by atoms with E-state index in [1.54, 1.807) is 0 Å². The maximum Gasteiger partial charge on any atom is 0.401 e. The van der Waals surface area contributed by atoms with Gasteiger partial charge >= 0.3 is 6.18 Å². The standard InChI is InChI=1S/C21H21F5N6.H2/c1-14-8-15(10-17(9-14)31-6-4-30(5-7-31)12-21(24,25)26)28-20-27-13-32(29-20)16-2-3-18(22)19(23)11-16;/h2-3,8-11,13H,4-7,12H2,1H3,(H,28,29);1H. The van der Waals surface area contributed by atoms with Gasteiger partial charge in [0.1, 0.15) is 6.33 Å². The summed E-state index contributed by atoms with van der Waals surface area (Å²) in [6, 6.07) is 9.17. The molecule has 0 atom stereocenters. The van der Waals surface area contributed by atoms with Gasteiger partial charge in [0.05, 0.1) is 12.2 Å². The van der Waals surface area contributed by atoms with E-state index in [4.69, 9.17) is 0 Å². The third-order valence-corrected chi connectivity index (χ3v) is 5.12. The zero-order valence-electron chi connectivity index (χ0n) is 17.2. The van der Waals surface area contributed by atoms with Crippen molar-refractivity contribution in [3.05, 3.63) is 59.9 Å². The van der Waals surface area contributed by atoms with Gasteiger partial charge in [0.2, 0.25) is 5.95 Å². The van der Waals surface area contributed by atoms with Crippen LogP contribution in [-0.4, -0.2) is 58.6 Å². The molecule has 2 aromatic carbocycles. The van der Waals surface area contributed by atoms with Crippen molar-refractivity contribution in [2.24, 2.45) is 0 Å². The third-order valence-electron chi connectivity index (χ3n) is 5.12. The maximum absolute atomic E-state index is 13.5. The molecule has 11 heteroatoms. The Labute approximate surface area is 182 Å². The van der Waals surface area contributed by atoms with Gasteiger partial charge in [-0.3, -0.25) is 4.90 Å². The van der Waals surface area contributed by atoms with E-state index in [1.807, 2.05) is 30.0 Å². The highest BCUT2D eigenvalue weighted by Crippen LogP contribution is 2.26. The first-order chi connectivity index (χ1) is 15.2. The zero-order valence-corrected chi connectivity index (χ0v) is 17.2. The summed E-state index contributed by atoms with van der Waals surface area (Å²) in [6.45, 7) is 2.66. The highest BCUT2D eigenvalue weighted by molar-refractivity contribution is 5.64. The van der Waals surface area contributed by atoms with Crippen LogP contribution in [0.25, 0.3) is 5.69 Å². The number of hydrogen-bond acceptors (Lipinski definition) is 5. The number of piperazine rings is 1. The second kappa shape index (κ2) is 8.73. The predicted molar refractivity (Wildman–Crippen MR) is 113 cm³/mol. The van der Waals surface area contributed by atoms with Gasteiger partial charge in [-0.2, -0.15) is 18.2 Å². The summed E-state index contributed by atoms with van der Waals surface area (Å²) in [7, 11) is 0. The quantitative estimate of drug-likeness (QED) is 0.575. The van der Waals surface area contributed by atoms with Crippen LogP contribution in [0.4, 0.5) is 39.3 Å². The average molecular weight is 454 g/mol. The minimum absolute atomic E-state index is 0. The van der Waals surface area contributed by atoms with Crippen LogP contribution in [0.1, 0.15) is 6.99 Å². The fraction of sp³-hybridized carbons (Fsp3) is 0.333.